The number of nitrogens with two attached hydrogens (primary N) is 1. The normalized spacial score (nSPS) is 11.1. The third kappa shape index (κ3) is 2.02. The number of ether oxygens (including phenoxy) is 1. The van der Waals surface area contributed by atoms with Crippen molar-refractivity contribution in [1.29, 1.82) is 0 Å². The molecule has 104 valence electrons. The summed E-state index contributed by atoms with van der Waals surface area (Å²) in [6.45, 7) is 2.29. The maximum absolute atomic E-state index is 5.91. The van der Waals surface area contributed by atoms with Crippen LogP contribution < -0.4 is 10.5 Å². The van der Waals surface area contributed by atoms with Crippen molar-refractivity contribution in [3.8, 4) is 5.88 Å². The van der Waals surface area contributed by atoms with Gasteiger partial charge in [-0.1, -0.05) is 5.16 Å². The molecule has 0 aliphatic carbocycles. The Hall–Kier alpha value is -2.71. The molecule has 3 heterocycles. The number of nitrogens with zero attached hydrogens (tertiary/aromatic N) is 6. The van der Waals surface area contributed by atoms with E-state index in [9.17, 15) is 0 Å². The highest BCUT2D eigenvalue weighted by atomic mass is 16.5. The zero-order chi connectivity index (χ0) is 14.1. The van der Waals surface area contributed by atoms with E-state index in [2.05, 4.69) is 25.1 Å². The lowest BCUT2D eigenvalue weighted by atomic mass is 10.4. The first-order chi connectivity index (χ1) is 9.69. The third-order valence-corrected chi connectivity index (χ3v) is 2.85. The molecule has 0 fully saturated rings. The second kappa shape index (κ2) is 4.76. The van der Waals surface area contributed by atoms with E-state index in [1.807, 2.05) is 0 Å². The monoisotopic (exact) mass is 275 g/mol. The van der Waals surface area contributed by atoms with Gasteiger partial charge in [0.2, 0.25) is 17.7 Å². The van der Waals surface area contributed by atoms with Crippen LogP contribution in [0.5, 0.6) is 5.88 Å². The van der Waals surface area contributed by atoms with Crippen molar-refractivity contribution in [1.82, 2.24) is 29.7 Å². The van der Waals surface area contributed by atoms with Gasteiger partial charge in [0.05, 0.1) is 7.11 Å². The minimum atomic E-state index is 0.346. The fraction of sp³-hybridized carbons (Fsp3) is 0.364. The topological polar surface area (TPSA) is 118 Å². The summed E-state index contributed by atoms with van der Waals surface area (Å²) in [5, 5.41) is 3.84. The van der Waals surface area contributed by atoms with Gasteiger partial charge in [0.25, 0.3) is 0 Å². The quantitative estimate of drug-likeness (QED) is 0.724. The SMILES string of the molecule is COc1ncnc2c1nc(N)n2CCc1noc(C)n1. The van der Waals surface area contributed by atoms with Crippen LogP contribution in [0.15, 0.2) is 10.9 Å². The Labute approximate surface area is 113 Å². The number of fused-ring (bicyclic) bond motifs is 1. The van der Waals surface area contributed by atoms with Gasteiger partial charge in [-0.2, -0.15) is 9.97 Å². The zero-order valence-corrected chi connectivity index (χ0v) is 11.1. The fourth-order valence-electron chi connectivity index (χ4n) is 1.96. The van der Waals surface area contributed by atoms with Crippen LogP contribution in [0, 0.1) is 6.92 Å². The molecule has 0 amide bonds. The summed E-state index contributed by atoms with van der Waals surface area (Å²) in [4.78, 5) is 16.6. The van der Waals surface area contributed by atoms with Gasteiger partial charge in [-0.15, -0.1) is 0 Å². The lowest BCUT2D eigenvalue weighted by Gasteiger charge is -2.03. The van der Waals surface area contributed by atoms with Crippen molar-refractivity contribution in [2.45, 2.75) is 19.9 Å². The minimum absolute atomic E-state index is 0.346. The largest absolute Gasteiger partial charge is 0.479 e. The molecule has 3 aromatic rings. The maximum Gasteiger partial charge on any atom is 0.245 e. The molecule has 3 rings (SSSR count). The maximum atomic E-state index is 5.91. The predicted molar refractivity (Wildman–Crippen MR) is 69.0 cm³/mol. The summed E-state index contributed by atoms with van der Waals surface area (Å²) in [5.41, 5.74) is 7.07. The second-order valence-corrected chi connectivity index (χ2v) is 4.16. The minimum Gasteiger partial charge on any atom is -0.479 e. The molecule has 0 radical (unpaired) electrons. The number of hydrogen-bond donors (Lipinski definition) is 1. The highest BCUT2D eigenvalue weighted by Gasteiger charge is 2.15. The molecule has 9 nitrogen and oxygen atoms in total. The molecular weight excluding hydrogens is 262 g/mol. The number of aromatic nitrogens is 6. The van der Waals surface area contributed by atoms with E-state index < -0.39 is 0 Å². The summed E-state index contributed by atoms with van der Waals surface area (Å²) in [5.74, 6) is 1.90. The van der Waals surface area contributed by atoms with Crippen molar-refractivity contribution in [3.05, 3.63) is 18.0 Å². The Morgan fingerprint density at radius 3 is 2.90 bits per heavy atom. The molecule has 9 heteroatoms. The van der Waals surface area contributed by atoms with E-state index in [1.165, 1.54) is 13.4 Å². The highest BCUT2D eigenvalue weighted by Crippen LogP contribution is 2.22. The Balaban J connectivity index is 1.93. The molecule has 0 aromatic carbocycles. The number of rotatable bonds is 4. The molecule has 0 saturated carbocycles. The average Bonchev–Trinajstić information content (AvgIpc) is 2.99. The van der Waals surface area contributed by atoms with E-state index in [-0.39, 0.29) is 0 Å². The standard InChI is InChI=1S/C11H13N7O2/c1-6-15-7(17-20-6)3-4-18-9-8(16-11(18)12)10(19-2)14-5-13-9/h5H,3-4H2,1-2H3,(H2,12,16). The average molecular weight is 275 g/mol. The number of aryl methyl sites for hydroxylation is 3. The van der Waals surface area contributed by atoms with Crippen molar-refractivity contribution in [2.75, 3.05) is 12.8 Å². The summed E-state index contributed by atoms with van der Waals surface area (Å²) >= 11 is 0. The molecule has 0 unspecified atom stereocenters. The van der Waals surface area contributed by atoms with E-state index >= 15 is 0 Å². The molecule has 2 N–H and O–H groups in total. The first-order valence-corrected chi connectivity index (χ1v) is 5.99. The number of hydrogen-bond acceptors (Lipinski definition) is 8. The van der Waals surface area contributed by atoms with E-state index in [1.54, 1.807) is 11.5 Å². The van der Waals surface area contributed by atoms with Crippen LogP contribution in [0.3, 0.4) is 0 Å². The van der Waals surface area contributed by atoms with E-state index in [0.717, 1.165) is 0 Å². The van der Waals surface area contributed by atoms with Crippen molar-refractivity contribution in [3.63, 3.8) is 0 Å². The molecule has 3 aromatic heterocycles. The number of methoxy groups -OCH3 is 1. The van der Waals surface area contributed by atoms with Crippen LogP contribution in [0.1, 0.15) is 11.7 Å². The summed E-state index contributed by atoms with van der Waals surface area (Å²) in [6, 6.07) is 0. The van der Waals surface area contributed by atoms with Crippen LogP contribution in [0.4, 0.5) is 5.95 Å². The van der Waals surface area contributed by atoms with Gasteiger partial charge in [0.1, 0.15) is 6.33 Å². The van der Waals surface area contributed by atoms with Gasteiger partial charge < -0.3 is 15.0 Å². The van der Waals surface area contributed by atoms with Gasteiger partial charge in [0, 0.05) is 19.9 Å². The van der Waals surface area contributed by atoms with Gasteiger partial charge in [-0.3, -0.25) is 4.57 Å². The van der Waals surface area contributed by atoms with Gasteiger partial charge in [0.15, 0.2) is 17.0 Å². The van der Waals surface area contributed by atoms with Crippen LogP contribution in [0.25, 0.3) is 11.2 Å². The van der Waals surface area contributed by atoms with E-state index in [0.29, 0.717) is 47.7 Å². The zero-order valence-electron chi connectivity index (χ0n) is 11.1. The first kappa shape index (κ1) is 12.3. The summed E-state index contributed by atoms with van der Waals surface area (Å²) in [7, 11) is 1.53. The Bertz CT molecular complexity index is 748. The molecule has 0 aliphatic rings. The summed E-state index contributed by atoms with van der Waals surface area (Å²) in [6.07, 6.45) is 1.98. The number of imidazole rings is 1. The smallest absolute Gasteiger partial charge is 0.245 e. The Morgan fingerprint density at radius 2 is 2.20 bits per heavy atom. The first-order valence-electron chi connectivity index (χ1n) is 5.99. The van der Waals surface area contributed by atoms with Crippen molar-refractivity contribution in [2.24, 2.45) is 0 Å². The van der Waals surface area contributed by atoms with Gasteiger partial charge >= 0.3 is 0 Å². The molecule has 0 bridgehead atoms. The lowest BCUT2D eigenvalue weighted by Crippen LogP contribution is -2.07. The highest BCUT2D eigenvalue weighted by molar-refractivity contribution is 5.78. The van der Waals surface area contributed by atoms with Crippen LogP contribution in [-0.4, -0.2) is 36.8 Å². The van der Waals surface area contributed by atoms with Crippen LogP contribution in [-0.2, 0) is 13.0 Å². The van der Waals surface area contributed by atoms with Crippen molar-refractivity contribution < 1.29 is 9.26 Å². The molecule has 0 atom stereocenters. The molecule has 20 heavy (non-hydrogen) atoms. The molecule has 0 aliphatic heterocycles. The number of anilines is 1. The lowest BCUT2D eigenvalue weighted by molar-refractivity contribution is 0.386. The van der Waals surface area contributed by atoms with Crippen LogP contribution in [0.2, 0.25) is 0 Å². The van der Waals surface area contributed by atoms with E-state index in [4.69, 9.17) is 15.0 Å². The predicted octanol–water partition coefficient (Wildman–Crippen LogP) is 0.351. The third-order valence-electron chi connectivity index (χ3n) is 2.85. The van der Waals surface area contributed by atoms with Crippen LogP contribution >= 0.6 is 0 Å². The Kier molecular flexibility index (Phi) is 2.93. The molecule has 0 spiro atoms. The van der Waals surface area contributed by atoms with Gasteiger partial charge in [-0.25, -0.2) is 9.97 Å². The Morgan fingerprint density at radius 1 is 1.35 bits per heavy atom. The van der Waals surface area contributed by atoms with Crippen molar-refractivity contribution >= 4 is 17.1 Å². The summed E-state index contributed by atoms with van der Waals surface area (Å²) < 4.78 is 11.8. The van der Waals surface area contributed by atoms with Gasteiger partial charge in [-0.05, 0) is 0 Å². The number of nitrogen functional groups attached to an aromatic ring is 1. The second-order valence-electron chi connectivity index (χ2n) is 4.16. The molecular formula is C11H13N7O2. The fourth-order valence-corrected chi connectivity index (χ4v) is 1.96. The molecule has 0 saturated heterocycles.